The summed E-state index contributed by atoms with van der Waals surface area (Å²) in [6, 6.07) is 6.09. The highest BCUT2D eigenvalue weighted by molar-refractivity contribution is 5.81. The number of nitrogen functional groups attached to an aromatic ring is 1. The third-order valence-electron chi connectivity index (χ3n) is 5.28. The van der Waals surface area contributed by atoms with Gasteiger partial charge in [-0.2, -0.15) is 0 Å². The van der Waals surface area contributed by atoms with Gasteiger partial charge in [0.05, 0.1) is 11.4 Å². The highest BCUT2D eigenvalue weighted by Crippen LogP contribution is 2.28. The molecule has 28 heavy (non-hydrogen) atoms. The maximum Gasteiger partial charge on any atom is 0.252 e. The second-order valence-electron chi connectivity index (χ2n) is 7.43. The van der Waals surface area contributed by atoms with Crippen molar-refractivity contribution < 1.29 is 15.0 Å². The molecule has 1 aliphatic heterocycles. The molecular weight excluding hydrogens is 360 g/mol. The Morgan fingerprint density at radius 3 is 2.68 bits per heavy atom. The Labute approximate surface area is 164 Å². The molecule has 0 bridgehead atoms. The van der Waals surface area contributed by atoms with Gasteiger partial charge in [0.15, 0.2) is 11.9 Å². The molecule has 5 N–H and O–H groups in total. The number of hydrogen-bond acceptors (Lipinski definition) is 7. The van der Waals surface area contributed by atoms with Crippen LogP contribution in [-0.4, -0.2) is 56.6 Å². The molecule has 0 saturated carbocycles. The fraction of sp³-hybridized carbons (Fsp3) is 0.526. The van der Waals surface area contributed by atoms with Crippen LogP contribution in [0, 0.1) is 12.8 Å². The minimum Gasteiger partial charge on any atom is -0.397 e. The van der Waals surface area contributed by atoms with E-state index in [1.54, 1.807) is 7.05 Å². The number of carbonyl (C=O) groups is 1. The van der Waals surface area contributed by atoms with Gasteiger partial charge in [0, 0.05) is 26.7 Å². The Hall–Kier alpha value is -2.65. The summed E-state index contributed by atoms with van der Waals surface area (Å²) in [5.41, 5.74) is 9.11. The van der Waals surface area contributed by atoms with E-state index in [1.807, 2.05) is 13.0 Å². The van der Waals surface area contributed by atoms with Crippen molar-refractivity contribution in [3.63, 3.8) is 0 Å². The van der Waals surface area contributed by atoms with Crippen molar-refractivity contribution in [2.45, 2.75) is 32.0 Å². The third-order valence-corrected chi connectivity index (χ3v) is 5.28. The number of rotatable bonds is 6. The average molecular weight is 388 g/mol. The topological polar surface area (TPSA) is 130 Å². The van der Waals surface area contributed by atoms with Crippen molar-refractivity contribution in [3.8, 4) is 0 Å². The molecule has 152 valence electrons. The van der Waals surface area contributed by atoms with Crippen LogP contribution in [-0.2, 0) is 11.8 Å². The lowest BCUT2D eigenvalue weighted by atomic mass is 9.96. The standard InChI is InChI=1S/C19H28N6O3/c1-12-3-4-15(14(20)9-12)25-7-5-13(6-8-25)10-21-19(28)17(27)16(26)18-23-22-11-24(18)2/h3-4,9,11,13,16-17,26-27H,5-8,10,20H2,1-2H3,(H,21,28)/t16-,17-/m1/s1. The Balaban J connectivity index is 1.47. The molecule has 0 spiro atoms. The number of aryl methyl sites for hydroxylation is 2. The van der Waals surface area contributed by atoms with Gasteiger partial charge < -0.3 is 30.7 Å². The first-order valence-electron chi connectivity index (χ1n) is 9.45. The maximum absolute atomic E-state index is 12.2. The van der Waals surface area contributed by atoms with Crippen LogP contribution in [0.15, 0.2) is 24.5 Å². The van der Waals surface area contributed by atoms with Gasteiger partial charge in [0.2, 0.25) is 0 Å². The van der Waals surface area contributed by atoms with Gasteiger partial charge in [-0.15, -0.1) is 10.2 Å². The summed E-state index contributed by atoms with van der Waals surface area (Å²) in [5.74, 6) is -0.154. The highest BCUT2D eigenvalue weighted by atomic mass is 16.3. The molecular formula is C19H28N6O3. The molecule has 0 aliphatic carbocycles. The van der Waals surface area contributed by atoms with E-state index in [4.69, 9.17) is 5.73 Å². The van der Waals surface area contributed by atoms with E-state index in [2.05, 4.69) is 32.5 Å². The van der Waals surface area contributed by atoms with E-state index < -0.39 is 18.1 Å². The summed E-state index contributed by atoms with van der Waals surface area (Å²) in [5, 5.41) is 30.3. The molecule has 1 amide bonds. The largest absolute Gasteiger partial charge is 0.397 e. The van der Waals surface area contributed by atoms with E-state index in [-0.39, 0.29) is 5.82 Å². The lowest BCUT2D eigenvalue weighted by Gasteiger charge is -2.34. The number of nitrogens with two attached hydrogens (primary N) is 1. The van der Waals surface area contributed by atoms with Crippen LogP contribution in [0.3, 0.4) is 0 Å². The van der Waals surface area contributed by atoms with Crippen molar-refractivity contribution in [3.05, 3.63) is 35.9 Å². The fourth-order valence-electron chi connectivity index (χ4n) is 3.53. The SMILES string of the molecule is Cc1ccc(N2CCC(CNC(=O)[C@H](O)[C@@H](O)c3nncn3C)CC2)c(N)c1. The van der Waals surface area contributed by atoms with Crippen LogP contribution in [0.25, 0.3) is 0 Å². The normalized spacial score (nSPS) is 17.4. The van der Waals surface area contributed by atoms with E-state index in [0.717, 1.165) is 42.9 Å². The lowest BCUT2D eigenvalue weighted by molar-refractivity contribution is -0.136. The predicted molar refractivity (Wildman–Crippen MR) is 106 cm³/mol. The molecule has 2 heterocycles. The van der Waals surface area contributed by atoms with E-state index in [9.17, 15) is 15.0 Å². The second-order valence-corrected chi connectivity index (χ2v) is 7.43. The first-order valence-corrected chi connectivity index (χ1v) is 9.45. The summed E-state index contributed by atoms with van der Waals surface area (Å²) < 4.78 is 1.47. The van der Waals surface area contributed by atoms with Gasteiger partial charge in [-0.05, 0) is 43.4 Å². The van der Waals surface area contributed by atoms with Crippen molar-refractivity contribution in [1.29, 1.82) is 0 Å². The lowest BCUT2D eigenvalue weighted by Crippen LogP contribution is -2.43. The summed E-state index contributed by atoms with van der Waals surface area (Å²) in [6.07, 6.45) is 0.220. The van der Waals surface area contributed by atoms with Gasteiger partial charge in [-0.25, -0.2) is 0 Å². The van der Waals surface area contributed by atoms with Crippen molar-refractivity contribution in [1.82, 2.24) is 20.1 Å². The third kappa shape index (κ3) is 4.42. The number of carbonyl (C=O) groups excluding carboxylic acids is 1. The highest BCUT2D eigenvalue weighted by Gasteiger charge is 2.29. The van der Waals surface area contributed by atoms with Crippen molar-refractivity contribution >= 4 is 17.3 Å². The predicted octanol–water partition coefficient (Wildman–Crippen LogP) is 0.133. The van der Waals surface area contributed by atoms with E-state index in [1.165, 1.54) is 10.9 Å². The van der Waals surface area contributed by atoms with Crippen LogP contribution in [0.5, 0.6) is 0 Å². The van der Waals surface area contributed by atoms with Crippen LogP contribution in [0.4, 0.5) is 11.4 Å². The zero-order valence-corrected chi connectivity index (χ0v) is 16.2. The van der Waals surface area contributed by atoms with Gasteiger partial charge in [0.25, 0.3) is 5.91 Å². The summed E-state index contributed by atoms with van der Waals surface area (Å²) in [7, 11) is 1.64. The Morgan fingerprint density at radius 2 is 2.07 bits per heavy atom. The van der Waals surface area contributed by atoms with Gasteiger partial charge in [-0.3, -0.25) is 4.79 Å². The Kier molecular flexibility index (Phi) is 6.15. The van der Waals surface area contributed by atoms with Gasteiger partial charge >= 0.3 is 0 Å². The molecule has 1 fully saturated rings. The number of piperidine rings is 1. The zero-order valence-electron chi connectivity index (χ0n) is 16.2. The number of benzene rings is 1. The van der Waals surface area contributed by atoms with Crippen LogP contribution < -0.4 is 16.0 Å². The maximum atomic E-state index is 12.2. The smallest absolute Gasteiger partial charge is 0.252 e. The van der Waals surface area contributed by atoms with Crippen molar-refractivity contribution in [2.75, 3.05) is 30.3 Å². The fourth-order valence-corrected chi connectivity index (χ4v) is 3.53. The molecule has 2 atom stereocenters. The molecule has 1 aromatic carbocycles. The number of nitrogens with one attached hydrogen (secondary N) is 1. The van der Waals surface area contributed by atoms with Gasteiger partial charge in [0.1, 0.15) is 12.4 Å². The molecule has 1 aromatic heterocycles. The molecule has 9 nitrogen and oxygen atoms in total. The summed E-state index contributed by atoms with van der Waals surface area (Å²) in [6.45, 7) is 4.19. The monoisotopic (exact) mass is 388 g/mol. The summed E-state index contributed by atoms with van der Waals surface area (Å²) >= 11 is 0. The Bertz CT molecular complexity index is 816. The second kappa shape index (κ2) is 8.57. The van der Waals surface area contributed by atoms with E-state index >= 15 is 0 Å². The molecule has 0 radical (unpaired) electrons. The van der Waals surface area contributed by atoms with Crippen LogP contribution in [0.2, 0.25) is 0 Å². The first kappa shape index (κ1) is 20.1. The molecule has 1 saturated heterocycles. The number of aliphatic hydroxyl groups excluding tert-OH is 2. The number of aromatic nitrogens is 3. The minimum absolute atomic E-state index is 0.145. The number of hydrogen-bond donors (Lipinski definition) is 4. The van der Waals surface area contributed by atoms with Crippen molar-refractivity contribution in [2.24, 2.45) is 13.0 Å². The first-order chi connectivity index (χ1) is 13.4. The van der Waals surface area contributed by atoms with Crippen LogP contribution >= 0.6 is 0 Å². The average Bonchev–Trinajstić information content (AvgIpc) is 3.11. The molecule has 0 unspecified atom stereocenters. The molecule has 1 aliphatic rings. The number of amides is 1. The quantitative estimate of drug-likeness (QED) is 0.518. The van der Waals surface area contributed by atoms with Gasteiger partial charge in [-0.1, -0.05) is 6.07 Å². The number of aliphatic hydroxyl groups is 2. The Morgan fingerprint density at radius 1 is 1.36 bits per heavy atom. The minimum atomic E-state index is -1.59. The zero-order chi connectivity index (χ0) is 20.3. The molecule has 9 heteroatoms. The number of anilines is 2. The van der Waals surface area contributed by atoms with Crippen LogP contribution in [0.1, 0.15) is 30.3 Å². The summed E-state index contributed by atoms with van der Waals surface area (Å²) in [4.78, 5) is 14.5. The molecule has 2 aromatic rings. The molecule has 3 rings (SSSR count). The number of nitrogens with zero attached hydrogens (tertiary/aromatic N) is 4. The van der Waals surface area contributed by atoms with E-state index in [0.29, 0.717) is 12.5 Å².